The third-order valence-electron chi connectivity index (χ3n) is 3.24. The highest BCUT2D eigenvalue weighted by Crippen LogP contribution is 2.24. The van der Waals surface area contributed by atoms with Gasteiger partial charge in [-0.05, 0) is 46.2 Å². The number of carbonyl (C=O) groups is 2. The summed E-state index contributed by atoms with van der Waals surface area (Å²) in [4.78, 5) is 24.0. The van der Waals surface area contributed by atoms with Crippen molar-refractivity contribution in [1.29, 1.82) is 0 Å². The van der Waals surface area contributed by atoms with Crippen LogP contribution in [-0.2, 0) is 4.79 Å². The lowest BCUT2D eigenvalue weighted by Crippen LogP contribution is -2.48. The minimum Gasteiger partial charge on any atom is -0.489 e. The monoisotopic (exact) mass is 321 g/mol. The van der Waals surface area contributed by atoms with Crippen molar-refractivity contribution in [2.75, 3.05) is 5.32 Å². The molecule has 6 heteroatoms. The summed E-state index contributed by atoms with van der Waals surface area (Å²) in [6, 6.07) is 6.19. The number of hydrogen-bond acceptors (Lipinski definition) is 3. The van der Waals surface area contributed by atoms with Gasteiger partial charge < -0.3 is 20.7 Å². The maximum Gasteiger partial charge on any atom is 0.319 e. The first-order valence-corrected chi connectivity index (χ1v) is 7.97. The van der Waals surface area contributed by atoms with Gasteiger partial charge in [-0.2, -0.15) is 0 Å². The van der Waals surface area contributed by atoms with Gasteiger partial charge in [0.15, 0.2) is 0 Å². The lowest BCUT2D eigenvalue weighted by molar-refractivity contribution is -0.123. The first kappa shape index (κ1) is 18.8. The predicted molar refractivity (Wildman–Crippen MR) is 91.7 cm³/mol. The first-order chi connectivity index (χ1) is 10.8. The number of carbonyl (C=O) groups excluding carboxylic acids is 2. The molecule has 1 aromatic rings. The minimum absolute atomic E-state index is 0.00115. The number of nitrogens with one attached hydrogen (secondary N) is 3. The molecule has 0 fully saturated rings. The Balaban J connectivity index is 2.61. The van der Waals surface area contributed by atoms with E-state index in [1.165, 1.54) is 0 Å². The highest BCUT2D eigenvalue weighted by atomic mass is 16.5. The lowest BCUT2D eigenvalue weighted by Gasteiger charge is -2.19. The van der Waals surface area contributed by atoms with Crippen molar-refractivity contribution in [3.63, 3.8) is 0 Å². The molecule has 0 aliphatic rings. The zero-order valence-electron chi connectivity index (χ0n) is 14.5. The van der Waals surface area contributed by atoms with E-state index in [0.29, 0.717) is 11.4 Å². The molecule has 1 aromatic carbocycles. The van der Waals surface area contributed by atoms with Gasteiger partial charge in [0, 0.05) is 6.04 Å². The average molecular weight is 321 g/mol. The molecule has 23 heavy (non-hydrogen) atoms. The Bertz CT molecular complexity index is 532. The van der Waals surface area contributed by atoms with Gasteiger partial charge in [-0.25, -0.2) is 4.79 Å². The van der Waals surface area contributed by atoms with Crippen molar-refractivity contribution in [3.05, 3.63) is 24.3 Å². The molecule has 3 amide bonds. The highest BCUT2D eigenvalue weighted by Gasteiger charge is 2.17. The molecule has 6 nitrogen and oxygen atoms in total. The Morgan fingerprint density at radius 3 is 2.35 bits per heavy atom. The van der Waals surface area contributed by atoms with E-state index in [0.717, 1.165) is 6.42 Å². The zero-order chi connectivity index (χ0) is 17.4. The van der Waals surface area contributed by atoms with Crippen LogP contribution in [0.5, 0.6) is 5.75 Å². The molecular weight excluding hydrogens is 294 g/mol. The summed E-state index contributed by atoms with van der Waals surface area (Å²) in [5, 5.41) is 8.16. The Hall–Kier alpha value is -2.24. The SMILES string of the molecule is CCC(C)NC(=O)C(C)NC(=O)Nc1ccccc1OC(C)C. The molecule has 0 heterocycles. The fourth-order valence-corrected chi connectivity index (χ4v) is 1.82. The van der Waals surface area contributed by atoms with Crippen molar-refractivity contribution >= 4 is 17.6 Å². The van der Waals surface area contributed by atoms with E-state index >= 15 is 0 Å². The van der Waals surface area contributed by atoms with Crippen molar-refractivity contribution in [1.82, 2.24) is 10.6 Å². The largest absolute Gasteiger partial charge is 0.489 e. The van der Waals surface area contributed by atoms with E-state index in [9.17, 15) is 9.59 Å². The molecule has 128 valence electrons. The molecule has 1 rings (SSSR count). The van der Waals surface area contributed by atoms with Crippen molar-refractivity contribution < 1.29 is 14.3 Å². The Morgan fingerprint density at radius 2 is 1.74 bits per heavy atom. The van der Waals surface area contributed by atoms with Gasteiger partial charge in [-0.15, -0.1) is 0 Å². The molecule has 0 aliphatic heterocycles. The Morgan fingerprint density at radius 1 is 1.09 bits per heavy atom. The van der Waals surface area contributed by atoms with Gasteiger partial charge in [0.1, 0.15) is 11.8 Å². The second-order valence-corrected chi connectivity index (χ2v) is 5.80. The topological polar surface area (TPSA) is 79.5 Å². The highest BCUT2D eigenvalue weighted by molar-refractivity contribution is 5.94. The summed E-state index contributed by atoms with van der Waals surface area (Å²) in [5.74, 6) is 0.385. The summed E-state index contributed by atoms with van der Waals surface area (Å²) in [6.07, 6.45) is 0.839. The molecule has 0 aliphatic carbocycles. The summed E-state index contributed by atoms with van der Waals surface area (Å²) in [6.45, 7) is 9.38. The predicted octanol–water partition coefficient (Wildman–Crippen LogP) is 2.90. The van der Waals surface area contributed by atoms with Gasteiger partial charge in [0.05, 0.1) is 11.8 Å². The smallest absolute Gasteiger partial charge is 0.319 e. The Kier molecular flexibility index (Phi) is 7.38. The number of ether oxygens (including phenoxy) is 1. The molecule has 2 atom stereocenters. The van der Waals surface area contributed by atoms with Crippen molar-refractivity contribution in [3.8, 4) is 5.75 Å². The molecule has 0 saturated carbocycles. The van der Waals surface area contributed by atoms with Crippen LogP contribution < -0.4 is 20.7 Å². The van der Waals surface area contributed by atoms with Gasteiger partial charge in [0.25, 0.3) is 0 Å². The summed E-state index contributed by atoms with van der Waals surface area (Å²) in [7, 11) is 0. The molecule has 2 unspecified atom stereocenters. The van der Waals surface area contributed by atoms with Crippen LogP contribution in [0.2, 0.25) is 0 Å². The van der Waals surface area contributed by atoms with Gasteiger partial charge in [-0.1, -0.05) is 19.1 Å². The van der Waals surface area contributed by atoms with E-state index in [-0.39, 0.29) is 18.1 Å². The quantitative estimate of drug-likeness (QED) is 0.722. The van der Waals surface area contributed by atoms with Crippen molar-refractivity contribution in [2.45, 2.75) is 59.2 Å². The van der Waals surface area contributed by atoms with Crippen molar-refractivity contribution in [2.24, 2.45) is 0 Å². The van der Waals surface area contributed by atoms with Crippen LogP contribution in [0, 0.1) is 0 Å². The van der Waals surface area contributed by atoms with E-state index in [4.69, 9.17) is 4.74 Å². The average Bonchev–Trinajstić information content (AvgIpc) is 2.48. The second-order valence-electron chi connectivity index (χ2n) is 5.80. The number of rotatable bonds is 7. The number of anilines is 1. The van der Waals surface area contributed by atoms with Crippen LogP contribution >= 0.6 is 0 Å². The van der Waals surface area contributed by atoms with E-state index in [1.807, 2.05) is 39.8 Å². The first-order valence-electron chi connectivity index (χ1n) is 7.97. The fourth-order valence-electron chi connectivity index (χ4n) is 1.82. The molecular formula is C17H27N3O3. The van der Waals surface area contributed by atoms with E-state index in [2.05, 4.69) is 16.0 Å². The lowest BCUT2D eigenvalue weighted by atomic mass is 10.2. The Labute approximate surface area is 138 Å². The van der Waals surface area contributed by atoms with Gasteiger partial charge in [-0.3, -0.25) is 4.79 Å². The summed E-state index contributed by atoms with van der Waals surface area (Å²) in [5.41, 5.74) is 0.563. The zero-order valence-corrected chi connectivity index (χ0v) is 14.5. The van der Waals surface area contributed by atoms with Crippen LogP contribution in [0.3, 0.4) is 0 Å². The van der Waals surface area contributed by atoms with Crippen LogP contribution in [-0.4, -0.2) is 30.1 Å². The van der Waals surface area contributed by atoms with Crippen LogP contribution in [0.15, 0.2) is 24.3 Å². The second kappa shape index (κ2) is 9.02. The summed E-state index contributed by atoms with van der Waals surface area (Å²) < 4.78 is 5.64. The van der Waals surface area contributed by atoms with Crippen LogP contribution in [0.1, 0.15) is 41.0 Å². The number of para-hydroxylation sites is 2. The molecule has 0 bridgehead atoms. The molecule has 0 radical (unpaired) electrons. The maximum absolute atomic E-state index is 12.1. The van der Waals surface area contributed by atoms with Crippen LogP contribution in [0.4, 0.5) is 10.5 Å². The molecule has 0 spiro atoms. The number of hydrogen-bond donors (Lipinski definition) is 3. The third-order valence-corrected chi connectivity index (χ3v) is 3.24. The van der Waals surface area contributed by atoms with E-state index < -0.39 is 12.1 Å². The number of benzene rings is 1. The maximum atomic E-state index is 12.1. The standard InChI is InChI=1S/C17H27N3O3/c1-6-12(4)18-16(21)13(5)19-17(22)20-14-9-7-8-10-15(14)23-11(2)3/h7-13H,6H2,1-5H3,(H,18,21)(H2,19,20,22). The molecule has 0 saturated heterocycles. The van der Waals surface area contributed by atoms with Gasteiger partial charge in [0.2, 0.25) is 5.91 Å². The number of amides is 3. The number of urea groups is 1. The van der Waals surface area contributed by atoms with Gasteiger partial charge >= 0.3 is 6.03 Å². The normalized spacial score (nSPS) is 13.1. The van der Waals surface area contributed by atoms with E-state index in [1.54, 1.807) is 19.1 Å². The molecule has 3 N–H and O–H groups in total. The fraction of sp³-hybridized carbons (Fsp3) is 0.529. The minimum atomic E-state index is -0.623. The third kappa shape index (κ3) is 6.59. The van der Waals surface area contributed by atoms with Crippen LogP contribution in [0.25, 0.3) is 0 Å². The molecule has 0 aromatic heterocycles. The summed E-state index contributed by atoms with van der Waals surface area (Å²) >= 11 is 0.